The minimum atomic E-state index is -0.422. The Hall–Kier alpha value is -2.73. The second kappa shape index (κ2) is 5.97. The lowest BCUT2D eigenvalue weighted by Gasteiger charge is -2.37. The summed E-state index contributed by atoms with van der Waals surface area (Å²) in [5.74, 6) is 0.740. The molecule has 1 N–H and O–H groups in total. The van der Waals surface area contributed by atoms with Gasteiger partial charge in [-0.05, 0) is 36.2 Å². The summed E-state index contributed by atoms with van der Waals surface area (Å²) >= 11 is 5.46. The van der Waals surface area contributed by atoms with Crippen LogP contribution < -0.4 is 10.1 Å². The molecule has 1 aliphatic heterocycles. The average molecular weight is 350 g/mol. The number of nitrogens with one attached hydrogen (secondary N) is 1. The second-order valence-corrected chi connectivity index (χ2v) is 6.73. The lowest BCUT2D eigenvalue weighted by molar-refractivity contribution is 0.413. The van der Waals surface area contributed by atoms with Crippen LogP contribution in [0.15, 0.2) is 55.0 Å². The van der Waals surface area contributed by atoms with E-state index in [0.29, 0.717) is 6.54 Å². The molecule has 0 saturated carbocycles. The van der Waals surface area contributed by atoms with Crippen molar-refractivity contribution in [1.82, 2.24) is 20.1 Å². The summed E-state index contributed by atoms with van der Waals surface area (Å²) in [4.78, 5) is 5.04. The van der Waals surface area contributed by atoms with Crippen LogP contribution in [0.25, 0.3) is 11.1 Å². The third kappa shape index (κ3) is 2.68. The van der Waals surface area contributed by atoms with E-state index in [1.54, 1.807) is 13.3 Å². The summed E-state index contributed by atoms with van der Waals surface area (Å²) in [6, 6.07) is 12.4. The highest BCUT2D eigenvalue weighted by Crippen LogP contribution is 2.34. The lowest BCUT2D eigenvalue weighted by Crippen LogP contribution is -2.50. The number of benzene rings is 1. The third-order valence-corrected chi connectivity index (χ3v) is 4.86. The number of nitrogens with zero attached hydrogens (tertiary/aromatic N) is 3. The molecule has 0 amide bonds. The standard InChI is InChI=1S/C19H18N4OS/c1-19(17-6-7-21-23(17)12-18(25)22-19)15-5-3-4-13(8-15)14-9-16(24-2)11-20-10-14/h3-11H,12H2,1-2H3,(H,22,25). The fraction of sp³-hybridized carbons (Fsp3) is 0.211. The molecule has 25 heavy (non-hydrogen) atoms. The molecule has 1 atom stereocenters. The largest absolute Gasteiger partial charge is 0.495 e. The smallest absolute Gasteiger partial charge is 0.137 e. The first-order chi connectivity index (χ1) is 12.1. The summed E-state index contributed by atoms with van der Waals surface area (Å²) in [6.07, 6.45) is 5.36. The minimum absolute atomic E-state index is 0.422. The van der Waals surface area contributed by atoms with E-state index in [0.717, 1.165) is 33.1 Å². The summed E-state index contributed by atoms with van der Waals surface area (Å²) in [7, 11) is 1.65. The van der Waals surface area contributed by atoms with Gasteiger partial charge in [0.15, 0.2) is 0 Å². The van der Waals surface area contributed by atoms with E-state index in [9.17, 15) is 0 Å². The van der Waals surface area contributed by atoms with Gasteiger partial charge >= 0.3 is 0 Å². The van der Waals surface area contributed by atoms with Crippen LogP contribution in [0.5, 0.6) is 5.75 Å². The SMILES string of the molecule is COc1cncc(-c2cccc(C3(C)NC(=S)Cn4nccc43)c2)c1. The van der Waals surface area contributed by atoms with Gasteiger partial charge in [-0.2, -0.15) is 5.10 Å². The van der Waals surface area contributed by atoms with Gasteiger partial charge in [-0.25, -0.2) is 0 Å². The van der Waals surface area contributed by atoms with Gasteiger partial charge in [0, 0.05) is 18.0 Å². The maximum absolute atomic E-state index is 5.46. The number of aromatic nitrogens is 3. The van der Waals surface area contributed by atoms with E-state index in [1.165, 1.54) is 0 Å². The molecule has 1 aliphatic rings. The van der Waals surface area contributed by atoms with Crippen LogP contribution in [-0.2, 0) is 12.1 Å². The maximum Gasteiger partial charge on any atom is 0.137 e. The number of ether oxygens (including phenoxy) is 1. The summed E-state index contributed by atoms with van der Waals surface area (Å²) in [6.45, 7) is 2.75. The van der Waals surface area contributed by atoms with Crippen LogP contribution in [-0.4, -0.2) is 26.9 Å². The molecule has 126 valence electrons. The van der Waals surface area contributed by atoms with Gasteiger partial charge in [-0.3, -0.25) is 9.67 Å². The molecule has 4 rings (SSSR count). The number of fused-ring (bicyclic) bond motifs is 1. The first kappa shape index (κ1) is 15.8. The van der Waals surface area contributed by atoms with Crippen LogP contribution in [0.3, 0.4) is 0 Å². The minimum Gasteiger partial charge on any atom is -0.495 e. The Morgan fingerprint density at radius 3 is 2.92 bits per heavy atom. The summed E-state index contributed by atoms with van der Waals surface area (Å²) < 4.78 is 7.25. The normalized spacial score (nSPS) is 19.2. The van der Waals surface area contributed by atoms with Crippen molar-refractivity contribution >= 4 is 17.2 Å². The molecule has 1 aromatic carbocycles. The highest BCUT2D eigenvalue weighted by molar-refractivity contribution is 7.80. The van der Waals surface area contributed by atoms with Gasteiger partial charge in [0.25, 0.3) is 0 Å². The van der Waals surface area contributed by atoms with E-state index in [4.69, 9.17) is 17.0 Å². The first-order valence-electron chi connectivity index (χ1n) is 8.03. The molecular weight excluding hydrogens is 332 g/mol. The molecule has 5 nitrogen and oxygen atoms in total. The highest BCUT2D eigenvalue weighted by Gasteiger charge is 2.36. The van der Waals surface area contributed by atoms with E-state index in [2.05, 4.69) is 46.6 Å². The molecule has 0 aliphatic carbocycles. The molecule has 0 fully saturated rings. The van der Waals surface area contributed by atoms with Gasteiger partial charge in [-0.1, -0.05) is 30.4 Å². The Morgan fingerprint density at radius 2 is 2.08 bits per heavy atom. The number of hydrogen-bond acceptors (Lipinski definition) is 4. The van der Waals surface area contributed by atoms with Crippen LogP contribution >= 0.6 is 12.2 Å². The molecule has 2 aromatic heterocycles. The molecule has 3 heterocycles. The molecule has 6 heteroatoms. The van der Waals surface area contributed by atoms with Crippen LogP contribution in [0.4, 0.5) is 0 Å². The van der Waals surface area contributed by atoms with Crippen LogP contribution in [0.1, 0.15) is 18.2 Å². The van der Waals surface area contributed by atoms with Crippen molar-refractivity contribution < 1.29 is 4.74 Å². The average Bonchev–Trinajstić information content (AvgIpc) is 3.11. The molecule has 0 radical (unpaired) electrons. The second-order valence-electron chi connectivity index (χ2n) is 6.24. The van der Waals surface area contributed by atoms with Crippen LogP contribution in [0, 0.1) is 0 Å². The van der Waals surface area contributed by atoms with Crippen molar-refractivity contribution in [2.75, 3.05) is 7.11 Å². The fourth-order valence-corrected chi connectivity index (χ4v) is 3.65. The maximum atomic E-state index is 5.46. The Kier molecular flexibility index (Phi) is 3.77. The fourth-order valence-electron chi connectivity index (χ4n) is 3.32. The Bertz CT molecular complexity index is 952. The Balaban J connectivity index is 1.81. The van der Waals surface area contributed by atoms with Crippen molar-refractivity contribution in [3.8, 4) is 16.9 Å². The van der Waals surface area contributed by atoms with E-state index in [-0.39, 0.29) is 0 Å². The number of pyridine rings is 1. The molecule has 1 unspecified atom stereocenters. The van der Waals surface area contributed by atoms with Crippen molar-refractivity contribution in [3.05, 3.63) is 66.2 Å². The van der Waals surface area contributed by atoms with Gasteiger partial charge in [0.05, 0.1) is 30.5 Å². The van der Waals surface area contributed by atoms with Crippen molar-refractivity contribution in [3.63, 3.8) is 0 Å². The van der Waals surface area contributed by atoms with Gasteiger partial charge in [0.1, 0.15) is 11.3 Å². The lowest BCUT2D eigenvalue weighted by atomic mass is 9.85. The van der Waals surface area contributed by atoms with Gasteiger partial charge in [-0.15, -0.1) is 0 Å². The van der Waals surface area contributed by atoms with E-state index >= 15 is 0 Å². The van der Waals surface area contributed by atoms with E-state index < -0.39 is 5.54 Å². The summed E-state index contributed by atoms with van der Waals surface area (Å²) in [5, 5.41) is 7.88. The Labute approximate surface area is 151 Å². The molecule has 3 aromatic rings. The van der Waals surface area contributed by atoms with Gasteiger partial charge in [0.2, 0.25) is 0 Å². The number of thiocarbonyl (C=S) groups is 1. The number of rotatable bonds is 3. The van der Waals surface area contributed by atoms with Crippen LogP contribution in [0.2, 0.25) is 0 Å². The highest BCUT2D eigenvalue weighted by atomic mass is 32.1. The quantitative estimate of drug-likeness (QED) is 0.736. The zero-order chi connectivity index (χ0) is 17.4. The third-order valence-electron chi connectivity index (χ3n) is 4.63. The zero-order valence-corrected chi connectivity index (χ0v) is 14.9. The van der Waals surface area contributed by atoms with Crippen molar-refractivity contribution in [2.24, 2.45) is 0 Å². The molecule has 0 saturated heterocycles. The van der Waals surface area contributed by atoms with E-state index in [1.807, 2.05) is 29.2 Å². The number of methoxy groups -OCH3 is 1. The topological polar surface area (TPSA) is 52.0 Å². The zero-order valence-electron chi connectivity index (χ0n) is 14.1. The predicted molar refractivity (Wildman–Crippen MR) is 101 cm³/mol. The molecular formula is C19H18N4OS. The molecule has 0 spiro atoms. The monoisotopic (exact) mass is 350 g/mol. The van der Waals surface area contributed by atoms with Crippen molar-refractivity contribution in [1.29, 1.82) is 0 Å². The van der Waals surface area contributed by atoms with Crippen molar-refractivity contribution in [2.45, 2.75) is 19.0 Å². The number of hydrogen-bond donors (Lipinski definition) is 1. The predicted octanol–water partition coefficient (Wildman–Crippen LogP) is 3.15. The first-order valence-corrected chi connectivity index (χ1v) is 8.44. The Morgan fingerprint density at radius 1 is 1.20 bits per heavy atom. The summed E-state index contributed by atoms with van der Waals surface area (Å²) in [5.41, 5.74) is 3.89. The molecule has 0 bridgehead atoms. The van der Waals surface area contributed by atoms with Gasteiger partial charge < -0.3 is 10.1 Å².